The van der Waals surface area contributed by atoms with Crippen molar-refractivity contribution >= 4 is 5.91 Å². The van der Waals surface area contributed by atoms with Crippen molar-refractivity contribution in [3.63, 3.8) is 0 Å². The van der Waals surface area contributed by atoms with E-state index in [9.17, 15) is 4.79 Å². The average molecular weight is 361 g/mol. The van der Waals surface area contributed by atoms with Crippen LogP contribution in [0.5, 0.6) is 5.75 Å². The van der Waals surface area contributed by atoms with E-state index in [1.807, 2.05) is 32.9 Å². The van der Waals surface area contributed by atoms with Gasteiger partial charge >= 0.3 is 0 Å². The third-order valence-corrected chi connectivity index (χ3v) is 5.17. The van der Waals surface area contributed by atoms with Gasteiger partial charge in [0.05, 0.1) is 0 Å². The Balaban J connectivity index is 1.75. The summed E-state index contributed by atoms with van der Waals surface area (Å²) in [6, 6.07) is 6.10. The number of carbonyl (C=O) groups is 1. The number of hydrogen-bond donors (Lipinski definition) is 1. The van der Waals surface area contributed by atoms with E-state index in [2.05, 4.69) is 30.1 Å². The van der Waals surface area contributed by atoms with E-state index >= 15 is 0 Å². The van der Waals surface area contributed by atoms with Crippen LogP contribution in [0.15, 0.2) is 18.2 Å². The maximum atomic E-state index is 12.5. The fourth-order valence-electron chi connectivity index (χ4n) is 3.91. The fraction of sp³-hybridized carbons (Fsp3) is 0.682. The zero-order valence-electron chi connectivity index (χ0n) is 17.2. The van der Waals surface area contributed by atoms with Gasteiger partial charge < -0.3 is 15.0 Å². The highest BCUT2D eigenvalue weighted by atomic mass is 16.5. The lowest BCUT2D eigenvalue weighted by Crippen LogP contribution is -2.42. The summed E-state index contributed by atoms with van der Waals surface area (Å²) in [4.78, 5) is 15.0. The fourth-order valence-corrected chi connectivity index (χ4v) is 3.91. The Morgan fingerprint density at radius 3 is 2.62 bits per heavy atom. The van der Waals surface area contributed by atoms with Gasteiger partial charge in [0.25, 0.3) is 5.91 Å². The molecule has 4 heteroatoms. The molecule has 1 N–H and O–H groups in total. The second-order valence-electron chi connectivity index (χ2n) is 8.13. The number of ether oxygens (including phenoxy) is 1. The molecule has 146 valence electrons. The molecule has 0 aliphatic carbocycles. The maximum absolute atomic E-state index is 12.5. The summed E-state index contributed by atoms with van der Waals surface area (Å²) in [6.07, 6.45) is 2.57. The molecule has 1 aliphatic heterocycles. The minimum absolute atomic E-state index is 0.00575. The van der Waals surface area contributed by atoms with Crippen LogP contribution in [-0.2, 0) is 4.79 Å². The van der Waals surface area contributed by atoms with Gasteiger partial charge in [-0.1, -0.05) is 32.9 Å². The summed E-state index contributed by atoms with van der Waals surface area (Å²) >= 11 is 0. The first-order valence-electron chi connectivity index (χ1n) is 10.1. The SMILES string of the molecule is CC[C@@H](Oc1cc(C)ccc1C)C(=O)NCCCN1C[C@H](C)C[C@H](C)C1. The third-order valence-electron chi connectivity index (χ3n) is 5.17. The first-order chi connectivity index (χ1) is 12.4. The van der Waals surface area contributed by atoms with Crippen LogP contribution in [0.1, 0.15) is 51.2 Å². The first-order valence-corrected chi connectivity index (χ1v) is 10.1. The molecule has 0 radical (unpaired) electrons. The second kappa shape index (κ2) is 9.96. The summed E-state index contributed by atoms with van der Waals surface area (Å²) < 4.78 is 5.99. The van der Waals surface area contributed by atoms with Gasteiger partial charge in [0.15, 0.2) is 6.10 Å². The van der Waals surface area contributed by atoms with Gasteiger partial charge in [-0.05, 0) is 68.7 Å². The summed E-state index contributed by atoms with van der Waals surface area (Å²) in [7, 11) is 0. The molecular formula is C22H36N2O2. The monoisotopic (exact) mass is 360 g/mol. The molecule has 1 amide bonds. The molecule has 0 saturated carbocycles. The Hall–Kier alpha value is -1.55. The van der Waals surface area contributed by atoms with Crippen molar-refractivity contribution in [2.24, 2.45) is 11.8 Å². The van der Waals surface area contributed by atoms with Gasteiger partial charge in [-0.25, -0.2) is 0 Å². The minimum atomic E-state index is -0.425. The number of hydrogen-bond acceptors (Lipinski definition) is 3. The summed E-state index contributed by atoms with van der Waals surface area (Å²) in [5.41, 5.74) is 2.21. The standard InChI is InChI=1S/C22H36N2O2/c1-6-20(26-21-13-16(2)8-9-19(21)5)22(25)23-10-7-11-24-14-17(3)12-18(4)15-24/h8-9,13,17-18,20H,6-7,10-12,14-15H2,1-5H3,(H,23,25)/t17-,18+,20-/m1/s1. The van der Waals surface area contributed by atoms with Crippen LogP contribution in [0.3, 0.4) is 0 Å². The van der Waals surface area contributed by atoms with Crippen molar-refractivity contribution < 1.29 is 9.53 Å². The summed E-state index contributed by atoms with van der Waals surface area (Å²) in [5.74, 6) is 2.37. The molecule has 4 nitrogen and oxygen atoms in total. The van der Waals surface area contributed by atoms with Crippen LogP contribution in [-0.4, -0.2) is 43.1 Å². The van der Waals surface area contributed by atoms with Crippen LogP contribution in [0.25, 0.3) is 0 Å². The molecule has 2 rings (SSSR count). The summed E-state index contributed by atoms with van der Waals surface area (Å²) in [6.45, 7) is 14.9. The first kappa shape index (κ1) is 20.8. The van der Waals surface area contributed by atoms with Gasteiger partial charge in [0.2, 0.25) is 0 Å². The predicted molar refractivity (Wildman–Crippen MR) is 108 cm³/mol. The van der Waals surface area contributed by atoms with E-state index in [0.717, 1.165) is 41.7 Å². The molecular weight excluding hydrogens is 324 g/mol. The van der Waals surface area contributed by atoms with E-state index in [-0.39, 0.29) is 5.91 Å². The number of aryl methyl sites for hydroxylation is 2. The molecule has 0 aromatic heterocycles. The van der Waals surface area contributed by atoms with Crippen molar-refractivity contribution in [1.29, 1.82) is 0 Å². The second-order valence-corrected chi connectivity index (χ2v) is 8.13. The lowest BCUT2D eigenvalue weighted by molar-refractivity contribution is -0.128. The third kappa shape index (κ3) is 6.31. The molecule has 0 spiro atoms. The van der Waals surface area contributed by atoms with Crippen molar-refractivity contribution in [3.8, 4) is 5.75 Å². The molecule has 1 fully saturated rings. The molecule has 1 saturated heterocycles. The zero-order valence-corrected chi connectivity index (χ0v) is 17.2. The molecule has 0 bridgehead atoms. The Bertz CT molecular complexity index is 578. The van der Waals surface area contributed by atoms with E-state index in [0.29, 0.717) is 13.0 Å². The normalized spacial score (nSPS) is 22.0. The molecule has 1 aromatic carbocycles. The van der Waals surface area contributed by atoms with Crippen LogP contribution >= 0.6 is 0 Å². The maximum Gasteiger partial charge on any atom is 0.261 e. The summed E-state index contributed by atoms with van der Waals surface area (Å²) in [5, 5.41) is 3.06. The largest absolute Gasteiger partial charge is 0.480 e. The number of amides is 1. The van der Waals surface area contributed by atoms with Gasteiger partial charge in [-0.3, -0.25) is 4.79 Å². The number of nitrogens with one attached hydrogen (secondary N) is 1. The van der Waals surface area contributed by atoms with Crippen LogP contribution in [0.2, 0.25) is 0 Å². The van der Waals surface area contributed by atoms with Crippen LogP contribution < -0.4 is 10.1 Å². The molecule has 1 heterocycles. The molecule has 1 aromatic rings. The molecule has 1 aliphatic rings. The van der Waals surface area contributed by atoms with E-state index in [4.69, 9.17) is 4.74 Å². The number of benzene rings is 1. The van der Waals surface area contributed by atoms with Gasteiger partial charge in [0, 0.05) is 19.6 Å². The van der Waals surface area contributed by atoms with Crippen LogP contribution in [0.4, 0.5) is 0 Å². The quantitative estimate of drug-likeness (QED) is 0.714. The molecule has 0 unspecified atom stereocenters. The molecule has 26 heavy (non-hydrogen) atoms. The van der Waals surface area contributed by atoms with E-state index < -0.39 is 6.10 Å². The highest BCUT2D eigenvalue weighted by Gasteiger charge is 2.22. The molecule has 3 atom stereocenters. The Morgan fingerprint density at radius 1 is 1.27 bits per heavy atom. The van der Waals surface area contributed by atoms with Crippen molar-refractivity contribution in [3.05, 3.63) is 29.3 Å². The minimum Gasteiger partial charge on any atom is -0.480 e. The van der Waals surface area contributed by atoms with Crippen LogP contribution in [0, 0.1) is 25.7 Å². The van der Waals surface area contributed by atoms with Crippen molar-refractivity contribution in [1.82, 2.24) is 10.2 Å². The number of piperidine rings is 1. The highest BCUT2D eigenvalue weighted by molar-refractivity contribution is 5.81. The van der Waals surface area contributed by atoms with Crippen molar-refractivity contribution in [2.75, 3.05) is 26.2 Å². The number of carbonyl (C=O) groups excluding carboxylic acids is 1. The Labute approximate surface area is 159 Å². The topological polar surface area (TPSA) is 41.6 Å². The lowest BCUT2D eigenvalue weighted by Gasteiger charge is -2.35. The number of rotatable bonds is 8. The Kier molecular flexibility index (Phi) is 7.95. The zero-order chi connectivity index (χ0) is 19.1. The lowest BCUT2D eigenvalue weighted by atomic mass is 9.92. The van der Waals surface area contributed by atoms with E-state index in [1.54, 1.807) is 0 Å². The Morgan fingerprint density at radius 2 is 1.96 bits per heavy atom. The van der Waals surface area contributed by atoms with Gasteiger partial charge in [0.1, 0.15) is 5.75 Å². The van der Waals surface area contributed by atoms with E-state index in [1.165, 1.54) is 19.5 Å². The number of likely N-dealkylation sites (tertiary alicyclic amines) is 1. The van der Waals surface area contributed by atoms with Gasteiger partial charge in [-0.15, -0.1) is 0 Å². The highest BCUT2D eigenvalue weighted by Crippen LogP contribution is 2.22. The number of nitrogens with zero attached hydrogens (tertiary/aromatic N) is 1. The predicted octanol–water partition coefficient (Wildman–Crippen LogP) is 3.95. The smallest absolute Gasteiger partial charge is 0.261 e. The average Bonchev–Trinajstić information content (AvgIpc) is 2.58. The van der Waals surface area contributed by atoms with Crippen molar-refractivity contribution in [2.45, 2.75) is 60.0 Å². The van der Waals surface area contributed by atoms with Gasteiger partial charge in [-0.2, -0.15) is 0 Å².